The minimum absolute atomic E-state index is 0.116. The number of quaternary nitrogens is 1. The first-order valence-corrected chi connectivity index (χ1v) is 3.89. The molecule has 50 valence electrons. The molecular weight excluding hydrogens is 121 g/mol. The summed E-state index contributed by atoms with van der Waals surface area (Å²) in [4.78, 5) is 8.45. The van der Waals surface area contributed by atoms with Gasteiger partial charge in [0.05, 0.1) is 27.7 Å². The third-order valence-corrected chi connectivity index (χ3v) is 1.34. The van der Waals surface area contributed by atoms with Crippen molar-refractivity contribution in [1.82, 2.24) is 0 Å². The molecule has 0 heterocycles. The number of rotatable bonds is 3. The Morgan fingerprint density at radius 1 is 1.38 bits per heavy atom. The van der Waals surface area contributed by atoms with Crippen LogP contribution in [-0.2, 0) is 0 Å². The van der Waals surface area contributed by atoms with Crippen molar-refractivity contribution in [2.24, 2.45) is 0 Å². The molecule has 0 saturated heterocycles. The van der Waals surface area contributed by atoms with Crippen LogP contribution in [0.25, 0.3) is 0 Å². The van der Waals surface area contributed by atoms with E-state index in [-0.39, 0.29) is 8.81 Å². The van der Waals surface area contributed by atoms with Gasteiger partial charge < -0.3 is 9.38 Å². The number of hydrogen-bond acceptors (Lipinski definition) is 1. The largest absolute Gasteiger partial charge is 0.377 e. The maximum Gasteiger partial charge on any atom is 0.0839 e. The summed E-state index contributed by atoms with van der Waals surface area (Å²) in [6, 6.07) is 0. The molecule has 0 fully saturated rings. The minimum atomic E-state index is 0.116. The van der Waals surface area contributed by atoms with Crippen molar-refractivity contribution in [3.05, 3.63) is 0 Å². The number of nitrogens with zero attached hydrogens (tertiary/aromatic N) is 1. The van der Waals surface area contributed by atoms with Crippen LogP contribution in [0.4, 0.5) is 0 Å². The molecule has 0 aliphatic rings. The third kappa shape index (κ3) is 6.35. The Kier molecular flexibility index (Phi) is 3.54. The fourth-order valence-corrected chi connectivity index (χ4v) is 1.16. The van der Waals surface area contributed by atoms with Crippen LogP contribution >= 0.6 is 8.81 Å². The van der Waals surface area contributed by atoms with E-state index in [1.807, 2.05) is 0 Å². The van der Waals surface area contributed by atoms with Gasteiger partial charge in [-0.15, -0.1) is 0 Å². The molecule has 8 heavy (non-hydrogen) atoms. The normalized spacial score (nSPS) is 13.5. The van der Waals surface area contributed by atoms with E-state index in [1.165, 1.54) is 0 Å². The van der Waals surface area contributed by atoms with Crippen molar-refractivity contribution in [3.63, 3.8) is 0 Å². The predicted octanol–water partition coefficient (Wildman–Crippen LogP) is 0.278. The van der Waals surface area contributed by atoms with Crippen molar-refractivity contribution in [1.29, 1.82) is 0 Å². The zero-order valence-electron chi connectivity index (χ0n) is 5.81. The van der Waals surface area contributed by atoms with Gasteiger partial charge in [-0.05, 0) is 0 Å². The molecule has 0 aromatic carbocycles. The van der Waals surface area contributed by atoms with Crippen molar-refractivity contribution < 1.29 is 9.38 Å². The Bertz CT molecular complexity index is 59.9. The number of hydrogen-bond donors (Lipinski definition) is 1. The van der Waals surface area contributed by atoms with Gasteiger partial charge in [-0.1, -0.05) is 0 Å². The molecule has 2 nitrogen and oxygen atoms in total. The molecule has 0 rings (SSSR count). The lowest BCUT2D eigenvalue weighted by Gasteiger charge is -2.22. The lowest BCUT2D eigenvalue weighted by molar-refractivity contribution is -0.867. The molecule has 1 atom stereocenters. The van der Waals surface area contributed by atoms with E-state index in [9.17, 15) is 0 Å². The van der Waals surface area contributed by atoms with E-state index in [0.29, 0.717) is 0 Å². The van der Waals surface area contributed by atoms with Crippen molar-refractivity contribution in [2.75, 3.05) is 33.8 Å². The second kappa shape index (κ2) is 3.39. The summed E-state index contributed by atoms with van der Waals surface area (Å²) in [5, 5.41) is 0. The Hall–Kier alpha value is 0.350. The van der Waals surface area contributed by atoms with Gasteiger partial charge in [0.1, 0.15) is 0 Å². The fourth-order valence-electron chi connectivity index (χ4n) is 0.385. The monoisotopic (exact) mass is 136 g/mol. The molecule has 0 aliphatic carbocycles. The van der Waals surface area contributed by atoms with Crippen LogP contribution in [0.5, 0.6) is 0 Å². The molecule has 3 heteroatoms. The molecule has 0 aliphatic heterocycles. The zero-order chi connectivity index (χ0) is 6.62. The molecule has 1 unspecified atom stereocenters. The van der Waals surface area contributed by atoms with E-state index in [1.54, 1.807) is 0 Å². The highest BCUT2D eigenvalue weighted by Crippen LogP contribution is 2.02. The van der Waals surface area contributed by atoms with E-state index in [2.05, 4.69) is 21.1 Å². The summed E-state index contributed by atoms with van der Waals surface area (Å²) in [7, 11) is 6.49. The summed E-state index contributed by atoms with van der Waals surface area (Å²) in [5.74, 6) is 0. The van der Waals surface area contributed by atoms with Crippen LogP contribution in [-0.4, -0.2) is 43.2 Å². The van der Waals surface area contributed by atoms with Gasteiger partial charge in [0.2, 0.25) is 0 Å². The van der Waals surface area contributed by atoms with E-state index < -0.39 is 0 Å². The summed E-state index contributed by atoms with van der Waals surface area (Å²) >= 11 is 0. The maximum atomic E-state index is 8.45. The van der Waals surface area contributed by atoms with Gasteiger partial charge in [0.15, 0.2) is 0 Å². The van der Waals surface area contributed by atoms with E-state index in [0.717, 1.165) is 17.2 Å². The molecule has 0 saturated carbocycles. The van der Waals surface area contributed by atoms with Crippen molar-refractivity contribution >= 4 is 8.81 Å². The highest BCUT2D eigenvalue weighted by atomic mass is 31.1. The van der Waals surface area contributed by atoms with Crippen LogP contribution in [0.3, 0.4) is 0 Å². The Balaban J connectivity index is 3.11. The lowest BCUT2D eigenvalue weighted by atomic mass is 10.6. The van der Waals surface area contributed by atoms with Crippen LogP contribution < -0.4 is 0 Å². The standard InChI is InChI=1S/C5H15NOP/c1-6(2,3)4-5-8-7/h7-8H,4-5H2,1-3H3/q+1. The predicted molar refractivity (Wildman–Crippen MR) is 38.3 cm³/mol. The Labute approximate surface area is 53.0 Å². The smallest absolute Gasteiger partial charge is 0.0839 e. The molecular formula is C5H15NOP+. The molecule has 0 bridgehead atoms. The van der Waals surface area contributed by atoms with Gasteiger partial charge in [0.25, 0.3) is 0 Å². The first-order chi connectivity index (χ1) is 3.56. The molecule has 0 aromatic heterocycles. The molecule has 0 amide bonds. The SMILES string of the molecule is C[N+](C)(C)CCPO. The summed E-state index contributed by atoms with van der Waals surface area (Å²) in [5.41, 5.74) is 0. The average molecular weight is 136 g/mol. The summed E-state index contributed by atoms with van der Waals surface area (Å²) in [6.07, 6.45) is 0.934. The van der Waals surface area contributed by atoms with Gasteiger partial charge in [-0.3, -0.25) is 0 Å². The summed E-state index contributed by atoms with van der Waals surface area (Å²) in [6.45, 7) is 1.06. The average Bonchev–Trinajstić information content (AvgIpc) is 1.59. The van der Waals surface area contributed by atoms with E-state index in [4.69, 9.17) is 4.89 Å². The van der Waals surface area contributed by atoms with Gasteiger partial charge in [0, 0.05) is 15.0 Å². The quantitative estimate of drug-likeness (QED) is 0.436. The Morgan fingerprint density at radius 3 is 2.00 bits per heavy atom. The molecule has 1 N–H and O–H groups in total. The fraction of sp³-hybridized carbons (Fsp3) is 1.00. The summed E-state index contributed by atoms with van der Waals surface area (Å²) < 4.78 is 0.952. The topological polar surface area (TPSA) is 20.2 Å². The second-order valence-electron chi connectivity index (χ2n) is 2.92. The molecule has 0 radical (unpaired) electrons. The minimum Gasteiger partial charge on any atom is -0.377 e. The van der Waals surface area contributed by atoms with Crippen LogP contribution in [0.1, 0.15) is 0 Å². The second-order valence-corrected chi connectivity index (χ2v) is 3.74. The highest BCUT2D eigenvalue weighted by molar-refractivity contribution is 7.31. The van der Waals surface area contributed by atoms with Crippen molar-refractivity contribution in [3.8, 4) is 0 Å². The zero-order valence-corrected chi connectivity index (χ0v) is 6.81. The maximum absolute atomic E-state index is 8.45. The molecule has 0 aromatic rings. The van der Waals surface area contributed by atoms with Crippen LogP contribution in [0.2, 0.25) is 0 Å². The first-order valence-electron chi connectivity index (χ1n) is 2.74. The highest BCUT2D eigenvalue weighted by Gasteiger charge is 2.03. The van der Waals surface area contributed by atoms with Crippen LogP contribution in [0.15, 0.2) is 0 Å². The van der Waals surface area contributed by atoms with Crippen molar-refractivity contribution in [2.45, 2.75) is 0 Å². The van der Waals surface area contributed by atoms with Gasteiger partial charge >= 0.3 is 0 Å². The van der Waals surface area contributed by atoms with Crippen LogP contribution in [0, 0.1) is 0 Å². The Morgan fingerprint density at radius 2 is 1.88 bits per heavy atom. The third-order valence-electron chi connectivity index (χ3n) is 0.894. The molecule has 0 spiro atoms. The lowest BCUT2D eigenvalue weighted by Crippen LogP contribution is -2.36. The van der Waals surface area contributed by atoms with E-state index >= 15 is 0 Å². The van der Waals surface area contributed by atoms with Gasteiger partial charge in [-0.25, -0.2) is 0 Å². The first kappa shape index (κ1) is 8.35. The van der Waals surface area contributed by atoms with Gasteiger partial charge in [-0.2, -0.15) is 0 Å².